The van der Waals surface area contributed by atoms with Crippen LogP contribution in [-0.4, -0.2) is 41.5 Å². The van der Waals surface area contributed by atoms with Gasteiger partial charge in [0.15, 0.2) is 12.1 Å². The maximum Gasteiger partial charge on any atom is 0.493 e. The van der Waals surface area contributed by atoms with E-state index in [9.17, 15) is 22.4 Å². The zero-order valence-electron chi connectivity index (χ0n) is 16.9. The Morgan fingerprint density at radius 2 is 1.87 bits per heavy atom. The number of fused-ring (bicyclic) bond motifs is 1. The fourth-order valence-corrected chi connectivity index (χ4v) is 3.02. The summed E-state index contributed by atoms with van der Waals surface area (Å²) in [6, 6.07) is 7.07. The lowest BCUT2D eigenvalue weighted by Gasteiger charge is -2.42. The van der Waals surface area contributed by atoms with Crippen molar-refractivity contribution >= 4 is 11.8 Å². The SMILES string of the molecule is CC(C)Oc1cccc(F)c1-c1ccc2c(n1)N(OC(=O)C(F)(F)F)C(N)N(C)C2N. The monoisotopic (exact) mass is 443 g/mol. The number of hydrogen-bond donors (Lipinski definition) is 2. The highest BCUT2D eigenvalue weighted by atomic mass is 19.4. The smallest absolute Gasteiger partial charge is 0.490 e. The third kappa shape index (κ3) is 4.40. The molecule has 0 spiro atoms. The van der Waals surface area contributed by atoms with Gasteiger partial charge >= 0.3 is 12.1 Å². The number of aromatic nitrogens is 1. The molecule has 0 amide bonds. The van der Waals surface area contributed by atoms with E-state index in [2.05, 4.69) is 9.82 Å². The van der Waals surface area contributed by atoms with Gasteiger partial charge in [-0.1, -0.05) is 12.1 Å². The van der Waals surface area contributed by atoms with E-state index in [1.807, 2.05) is 0 Å². The first-order chi connectivity index (χ1) is 14.4. The Morgan fingerprint density at radius 1 is 1.19 bits per heavy atom. The highest BCUT2D eigenvalue weighted by Gasteiger charge is 2.46. The molecule has 0 radical (unpaired) electrons. The summed E-state index contributed by atoms with van der Waals surface area (Å²) in [6.45, 7) is 3.50. The summed E-state index contributed by atoms with van der Waals surface area (Å²) in [7, 11) is 1.44. The summed E-state index contributed by atoms with van der Waals surface area (Å²) in [5, 5.41) is 0.502. The lowest BCUT2D eigenvalue weighted by molar-refractivity contribution is -0.204. The molecule has 1 aromatic heterocycles. The average molecular weight is 443 g/mol. The second-order valence-corrected chi connectivity index (χ2v) is 7.12. The maximum absolute atomic E-state index is 14.7. The number of benzene rings is 1. The van der Waals surface area contributed by atoms with Crippen LogP contribution in [0, 0.1) is 5.82 Å². The number of carbonyl (C=O) groups is 1. The van der Waals surface area contributed by atoms with Crippen LogP contribution >= 0.6 is 0 Å². The van der Waals surface area contributed by atoms with E-state index < -0.39 is 30.4 Å². The van der Waals surface area contributed by atoms with Gasteiger partial charge in [0.1, 0.15) is 11.6 Å². The second kappa shape index (κ2) is 8.29. The molecular formula is C19H21F4N5O3. The van der Waals surface area contributed by atoms with Crippen molar-refractivity contribution in [2.45, 2.75) is 38.6 Å². The number of rotatable bonds is 4. The Kier molecular flexibility index (Phi) is 6.07. The van der Waals surface area contributed by atoms with Gasteiger partial charge in [0.2, 0.25) is 0 Å². The fraction of sp³-hybridized carbons (Fsp3) is 0.368. The third-order valence-electron chi connectivity index (χ3n) is 4.54. The maximum atomic E-state index is 14.7. The predicted octanol–water partition coefficient (Wildman–Crippen LogP) is 2.65. The summed E-state index contributed by atoms with van der Waals surface area (Å²) in [4.78, 5) is 21.5. The Morgan fingerprint density at radius 3 is 2.48 bits per heavy atom. The molecule has 31 heavy (non-hydrogen) atoms. The molecule has 2 aromatic rings. The largest absolute Gasteiger partial charge is 0.493 e. The molecule has 2 heterocycles. The van der Waals surface area contributed by atoms with Crippen LogP contribution < -0.4 is 21.3 Å². The number of anilines is 1. The molecule has 2 atom stereocenters. The number of pyridine rings is 1. The van der Waals surface area contributed by atoms with Gasteiger partial charge in [-0.3, -0.25) is 10.6 Å². The molecule has 0 bridgehead atoms. The zero-order valence-corrected chi connectivity index (χ0v) is 16.9. The molecule has 0 aliphatic carbocycles. The summed E-state index contributed by atoms with van der Waals surface area (Å²) in [5.74, 6) is -3.21. The molecule has 3 rings (SSSR count). The first-order valence-electron chi connectivity index (χ1n) is 9.19. The number of hydroxylamine groups is 1. The molecule has 4 N–H and O–H groups in total. The molecule has 12 heteroatoms. The van der Waals surface area contributed by atoms with Crippen molar-refractivity contribution in [2.75, 3.05) is 12.1 Å². The van der Waals surface area contributed by atoms with Gasteiger partial charge in [-0.2, -0.15) is 18.2 Å². The number of carbonyl (C=O) groups excluding carboxylic acids is 1. The van der Waals surface area contributed by atoms with E-state index in [4.69, 9.17) is 16.2 Å². The lowest BCUT2D eigenvalue weighted by Crippen LogP contribution is -2.60. The van der Waals surface area contributed by atoms with Crippen molar-refractivity contribution < 1.29 is 31.9 Å². The standard InChI is InChI=1S/C19H21F4N5O3/c1-9(2)30-13-6-4-5-11(20)14(13)12-8-7-10-15(24)27(3)18(25)28(16(10)26-12)31-17(29)19(21,22)23/h4-9,15,18H,24-25H2,1-3H3. The molecule has 2 unspecified atom stereocenters. The van der Waals surface area contributed by atoms with E-state index >= 15 is 0 Å². The van der Waals surface area contributed by atoms with Crippen molar-refractivity contribution in [2.24, 2.45) is 11.5 Å². The normalized spacial score (nSPS) is 19.4. The number of nitrogens with two attached hydrogens (primary N) is 2. The van der Waals surface area contributed by atoms with Crippen LogP contribution in [0.2, 0.25) is 0 Å². The zero-order chi connectivity index (χ0) is 23.1. The minimum Gasteiger partial charge on any atom is -0.490 e. The number of ether oxygens (including phenoxy) is 1. The molecule has 1 aliphatic heterocycles. The van der Waals surface area contributed by atoms with E-state index in [1.54, 1.807) is 13.8 Å². The van der Waals surface area contributed by atoms with Crippen molar-refractivity contribution in [1.82, 2.24) is 9.88 Å². The summed E-state index contributed by atoms with van der Waals surface area (Å²) < 4.78 is 58.7. The van der Waals surface area contributed by atoms with E-state index in [-0.39, 0.29) is 34.5 Å². The van der Waals surface area contributed by atoms with Crippen LogP contribution in [0.15, 0.2) is 30.3 Å². The predicted molar refractivity (Wildman–Crippen MR) is 103 cm³/mol. The highest BCUT2D eigenvalue weighted by Crippen LogP contribution is 2.38. The van der Waals surface area contributed by atoms with Crippen LogP contribution in [0.3, 0.4) is 0 Å². The van der Waals surface area contributed by atoms with E-state index in [1.165, 1.54) is 42.3 Å². The van der Waals surface area contributed by atoms with Crippen molar-refractivity contribution in [3.63, 3.8) is 0 Å². The minimum atomic E-state index is -5.26. The first kappa shape index (κ1) is 22.7. The van der Waals surface area contributed by atoms with Gasteiger partial charge in [-0.05, 0) is 39.1 Å². The van der Waals surface area contributed by atoms with Crippen LogP contribution in [0.25, 0.3) is 11.3 Å². The Hall–Kier alpha value is -2.96. The van der Waals surface area contributed by atoms with E-state index in [0.29, 0.717) is 5.06 Å². The average Bonchev–Trinajstić information content (AvgIpc) is 2.68. The Balaban J connectivity index is 2.14. The van der Waals surface area contributed by atoms with Crippen molar-refractivity contribution in [1.29, 1.82) is 0 Å². The summed E-state index contributed by atoms with van der Waals surface area (Å²) in [5.41, 5.74) is 12.3. The molecule has 1 aliphatic rings. The minimum absolute atomic E-state index is 0.0119. The Bertz CT molecular complexity index is 986. The highest BCUT2D eigenvalue weighted by molar-refractivity contribution is 5.77. The van der Waals surface area contributed by atoms with Gasteiger partial charge in [0.05, 0.1) is 23.5 Å². The van der Waals surface area contributed by atoms with Gasteiger partial charge < -0.3 is 15.3 Å². The van der Waals surface area contributed by atoms with Crippen molar-refractivity contribution in [3.8, 4) is 17.0 Å². The van der Waals surface area contributed by atoms with Crippen LogP contribution in [0.5, 0.6) is 5.75 Å². The third-order valence-corrected chi connectivity index (χ3v) is 4.54. The number of alkyl halides is 3. The molecule has 0 saturated heterocycles. The Labute approximate surface area is 175 Å². The molecular weight excluding hydrogens is 422 g/mol. The fourth-order valence-electron chi connectivity index (χ4n) is 3.02. The summed E-state index contributed by atoms with van der Waals surface area (Å²) in [6.07, 6.45) is -7.78. The number of nitrogens with zero attached hydrogens (tertiary/aromatic N) is 3. The van der Waals surface area contributed by atoms with Crippen LogP contribution in [0.1, 0.15) is 25.6 Å². The molecule has 8 nitrogen and oxygen atoms in total. The lowest BCUT2D eigenvalue weighted by atomic mass is 10.1. The quantitative estimate of drug-likeness (QED) is 0.695. The van der Waals surface area contributed by atoms with Crippen LogP contribution in [0.4, 0.5) is 23.4 Å². The summed E-state index contributed by atoms with van der Waals surface area (Å²) >= 11 is 0. The number of halogens is 4. The molecule has 168 valence electrons. The van der Waals surface area contributed by atoms with Gasteiger partial charge in [-0.15, -0.1) is 0 Å². The molecule has 1 aromatic carbocycles. The van der Waals surface area contributed by atoms with Gasteiger partial charge in [-0.25, -0.2) is 14.2 Å². The second-order valence-electron chi connectivity index (χ2n) is 7.12. The van der Waals surface area contributed by atoms with Crippen LogP contribution in [-0.2, 0) is 9.63 Å². The topological polar surface area (TPSA) is 107 Å². The molecule has 0 saturated carbocycles. The van der Waals surface area contributed by atoms with Gasteiger partial charge in [0.25, 0.3) is 0 Å². The number of hydrogen-bond acceptors (Lipinski definition) is 8. The van der Waals surface area contributed by atoms with Gasteiger partial charge in [0, 0.05) is 5.56 Å². The van der Waals surface area contributed by atoms with E-state index in [0.717, 1.165) is 0 Å². The van der Waals surface area contributed by atoms with Crippen molar-refractivity contribution in [3.05, 3.63) is 41.7 Å². The molecule has 0 fully saturated rings. The first-order valence-corrected chi connectivity index (χ1v) is 9.19.